The summed E-state index contributed by atoms with van der Waals surface area (Å²) in [6, 6.07) is 6.01. The van der Waals surface area contributed by atoms with Gasteiger partial charge in [0.25, 0.3) is 0 Å². The molecule has 19 heavy (non-hydrogen) atoms. The van der Waals surface area contributed by atoms with E-state index in [1.54, 1.807) is 6.07 Å². The third kappa shape index (κ3) is 4.20. The molecule has 5 heteroatoms. The average molecular weight is 282 g/mol. The molecule has 1 aliphatic heterocycles. The van der Waals surface area contributed by atoms with Gasteiger partial charge in [-0.15, -0.1) is 0 Å². The zero-order chi connectivity index (χ0) is 13.8. The van der Waals surface area contributed by atoms with Gasteiger partial charge in [-0.1, -0.05) is 17.7 Å². The molecule has 1 saturated heterocycles. The number of hydrogen-bond donors (Lipinski definition) is 2. The number of rotatable bonds is 3. The van der Waals surface area contributed by atoms with E-state index in [1.165, 1.54) is 0 Å². The molecule has 0 saturated carbocycles. The Labute approximate surface area is 119 Å². The Balaban J connectivity index is 1.88. The van der Waals surface area contributed by atoms with Crippen molar-refractivity contribution < 1.29 is 4.79 Å². The number of carbonyl (C=O) groups excluding carboxylic acids is 1. The molecule has 1 aromatic carbocycles. The molecule has 0 spiro atoms. The molecule has 1 fully saturated rings. The number of amides is 1. The number of hydrogen-bond acceptors (Lipinski definition) is 3. The summed E-state index contributed by atoms with van der Waals surface area (Å²) in [6.07, 6.45) is 0. The van der Waals surface area contributed by atoms with E-state index in [-0.39, 0.29) is 5.91 Å². The van der Waals surface area contributed by atoms with Gasteiger partial charge in [-0.3, -0.25) is 9.69 Å². The number of anilines is 1. The van der Waals surface area contributed by atoms with Crippen LogP contribution in [-0.4, -0.2) is 43.0 Å². The second kappa shape index (κ2) is 6.37. The Morgan fingerprint density at radius 2 is 2.37 bits per heavy atom. The van der Waals surface area contributed by atoms with Crippen molar-refractivity contribution >= 4 is 23.2 Å². The number of halogens is 1. The Kier molecular flexibility index (Phi) is 4.80. The third-order valence-electron chi connectivity index (χ3n) is 3.28. The van der Waals surface area contributed by atoms with Crippen LogP contribution in [0.1, 0.15) is 12.5 Å². The fourth-order valence-corrected chi connectivity index (χ4v) is 2.41. The summed E-state index contributed by atoms with van der Waals surface area (Å²) < 4.78 is 0. The van der Waals surface area contributed by atoms with Crippen molar-refractivity contribution in [1.82, 2.24) is 10.2 Å². The SMILES string of the molecule is Cc1ccc(NC(=O)CN2CCN[C@@H](C)C2)cc1Cl. The third-order valence-corrected chi connectivity index (χ3v) is 3.68. The lowest BCUT2D eigenvalue weighted by molar-refractivity contribution is -0.117. The summed E-state index contributed by atoms with van der Waals surface area (Å²) in [7, 11) is 0. The van der Waals surface area contributed by atoms with Gasteiger partial charge in [0, 0.05) is 36.4 Å². The first kappa shape index (κ1) is 14.3. The lowest BCUT2D eigenvalue weighted by atomic mass is 10.2. The Hall–Kier alpha value is -1.10. The summed E-state index contributed by atoms with van der Waals surface area (Å²) in [5, 5.41) is 6.92. The van der Waals surface area contributed by atoms with Crippen LogP contribution in [0.2, 0.25) is 5.02 Å². The predicted molar refractivity (Wildman–Crippen MR) is 78.7 cm³/mol. The first-order valence-corrected chi connectivity index (χ1v) is 6.94. The van der Waals surface area contributed by atoms with Crippen LogP contribution in [-0.2, 0) is 4.79 Å². The number of benzene rings is 1. The van der Waals surface area contributed by atoms with Gasteiger partial charge in [0.2, 0.25) is 5.91 Å². The molecule has 1 aromatic rings. The smallest absolute Gasteiger partial charge is 0.238 e. The van der Waals surface area contributed by atoms with Crippen molar-refractivity contribution in [3.63, 3.8) is 0 Å². The van der Waals surface area contributed by atoms with Gasteiger partial charge < -0.3 is 10.6 Å². The Morgan fingerprint density at radius 3 is 3.05 bits per heavy atom. The van der Waals surface area contributed by atoms with Gasteiger partial charge in [0.1, 0.15) is 0 Å². The summed E-state index contributed by atoms with van der Waals surface area (Å²) in [5.41, 5.74) is 1.76. The second-order valence-electron chi connectivity index (χ2n) is 5.10. The van der Waals surface area contributed by atoms with Crippen molar-refractivity contribution in [3.05, 3.63) is 28.8 Å². The van der Waals surface area contributed by atoms with Crippen molar-refractivity contribution in [2.24, 2.45) is 0 Å². The molecule has 104 valence electrons. The minimum atomic E-state index is 0.00835. The molecule has 1 aliphatic rings. The van der Waals surface area contributed by atoms with Crippen molar-refractivity contribution in [1.29, 1.82) is 0 Å². The molecule has 0 aliphatic carbocycles. The lowest BCUT2D eigenvalue weighted by Crippen LogP contribution is -2.51. The zero-order valence-corrected chi connectivity index (χ0v) is 12.1. The molecule has 2 N–H and O–H groups in total. The van der Waals surface area contributed by atoms with Crippen LogP contribution in [0, 0.1) is 6.92 Å². The highest BCUT2D eigenvalue weighted by molar-refractivity contribution is 6.31. The molecular weight excluding hydrogens is 262 g/mol. The minimum absolute atomic E-state index is 0.00835. The summed E-state index contributed by atoms with van der Waals surface area (Å²) >= 11 is 6.04. The molecule has 1 heterocycles. The molecule has 0 bridgehead atoms. The van der Waals surface area contributed by atoms with E-state index in [9.17, 15) is 4.79 Å². The number of nitrogens with zero attached hydrogens (tertiary/aromatic N) is 1. The Bertz CT molecular complexity index is 464. The standard InChI is InChI=1S/C14H20ClN3O/c1-10-3-4-12(7-13(10)15)17-14(19)9-18-6-5-16-11(2)8-18/h3-4,7,11,16H,5-6,8-9H2,1-2H3,(H,17,19)/t11-/m0/s1. The summed E-state index contributed by atoms with van der Waals surface area (Å²) in [6.45, 7) is 7.25. The first-order chi connectivity index (χ1) is 9.04. The van der Waals surface area contributed by atoms with E-state index in [0.29, 0.717) is 17.6 Å². The summed E-state index contributed by atoms with van der Waals surface area (Å²) in [4.78, 5) is 14.1. The van der Waals surface area contributed by atoms with Gasteiger partial charge in [-0.2, -0.15) is 0 Å². The van der Waals surface area contributed by atoms with Gasteiger partial charge in [0.15, 0.2) is 0 Å². The van der Waals surface area contributed by atoms with E-state index in [4.69, 9.17) is 11.6 Å². The van der Waals surface area contributed by atoms with E-state index >= 15 is 0 Å². The highest BCUT2D eigenvalue weighted by Crippen LogP contribution is 2.19. The Morgan fingerprint density at radius 1 is 1.58 bits per heavy atom. The highest BCUT2D eigenvalue weighted by Gasteiger charge is 2.17. The quantitative estimate of drug-likeness (QED) is 0.889. The molecule has 0 radical (unpaired) electrons. The highest BCUT2D eigenvalue weighted by atomic mass is 35.5. The minimum Gasteiger partial charge on any atom is -0.325 e. The van der Waals surface area contributed by atoms with Crippen LogP contribution >= 0.6 is 11.6 Å². The van der Waals surface area contributed by atoms with Crippen LogP contribution < -0.4 is 10.6 Å². The maximum absolute atomic E-state index is 12.0. The molecule has 0 aromatic heterocycles. The van der Waals surface area contributed by atoms with Crippen LogP contribution in [0.4, 0.5) is 5.69 Å². The number of piperazine rings is 1. The molecule has 4 nitrogen and oxygen atoms in total. The molecular formula is C14H20ClN3O. The predicted octanol–water partition coefficient (Wildman–Crippen LogP) is 1.88. The van der Waals surface area contributed by atoms with Gasteiger partial charge in [-0.05, 0) is 31.5 Å². The van der Waals surface area contributed by atoms with Crippen LogP contribution in [0.15, 0.2) is 18.2 Å². The maximum atomic E-state index is 12.0. The topological polar surface area (TPSA) is 44.4 Å². The van der Waals surface area contributed by atoms with E-state index in [1.807, 2.05) is 19.1 Å². The lowest BCUT2D eigenvalue weighted by Gasteiger charge is -2.31. The fourth-order valence-electron chi connectivity index (χ4n) is 2.23. The number of carbonyl (C=O) groups is 1. The van der Waals surface area contributed by atoms with Crippen molar-refractivity contribution in [2.75, 3.05) is 31.5 Å². The van der Waals surface area contributed by atoms with Crippen LogP contribution in [0.3, 0.4) is 0 Å². The monoisotopic (exact) mass is 281 g/mol. The van der Waals surface area contributed by atoms with Crippen LogP contribution in [0.25, 0.3) is 0 Å². The largest absolute Gasteiger partial charge is 0.325 e. The van der Waals surface area contributed by atoms with E-state index in [0.717, 1.165) is 30.9 Å². The number of nitrogens with one attached hydrogen (secondary N) is 2. The zero-order valence-electron chi connectivity index (χ0n) is 11.4. The normalized spacial score (nSPS) is 20.3. The first-order valence-electron chi connectivity index (χ1n) is 6.56. The fraction of sp³-hybridized carbons (Fsp3) is 0.500. The molecule has 0 unspecified atom stereocenters. The van der Waals surface area contributed by atoms with Crippen molar-refractivity contribution in [3.8, 4) is 0 Å². The van der Waals surface area contributed by atoms with Crippen LogP contribution in [0.5, 0.6) is 0 Å². The molecule has 1 atom stereocenters. The van der Waals surface area contributed by atoms with E-state index in [2.05, 4.69) is 22.5 Å². The molecule has 2 rings (SSSR count). The summed E-state index contributed by atoms with van der Waals surface area (Å²) in [5.74, 6) is 0.00835. The van der Waals surface area contributed by atoms with Gasteiger partial charge in [0.05, 0.1) is 6.54 Å². The number of aryl methyl sites for hydroxylation is 1. The van der Waals surface area contributed by atoms with Gasteiger partial charge in [-0.25, -0.2) is 0 Å². The second-order valence-corrected chi connectivity index (χ2v) is 5.51. The van der Waals surface area contributed by atoms with Crippen molar-refractivity contribution in [2.45, 2.75) is 19.9 Å². The average Bonchev–Trinajstić information content (AvgIpc) is 2.34. The van der Waals surface area contributed by atoms with E-state index < -0.39 is 0 Å². The van der Waals surface area contributed by atoms with Gasteiger partial charge >= 0.3 is 0 Å². The maximum Gasteiger partial charge on any atom is 0.238 e. The molecule has 1 amide bonds.